The standard InChI is InChI=1S/C24H35N6O6S4/c1-15(31)21(29-40-19-8-5-4-7-18(19)30(35)36)24(34)26-11-9-20-27-17(14-39-20)23(33)28-16(13-38-3)22(32)25-10-6-12-37-2/h4-5,7-8,14-16,21,29,31,35H,6,9-13H2,1-3H3,(H,25,32)(H,26,34)(H,28,33)/q-1. The van der Waals surface area contributed by atoms with Gasteiger partial charge in [-0.1, -0.05) is 12.1 Å². The van der Waals surface area contributed by atoms with Crippen molar-refractivity contribution in [2.45, 2.75) is 42.8 Å². The Balaban J connectivity index is 1.86. The Morgan fingerprint density at radius 3 is 2.52 bits per heavy atom. The van der Waals surface area contributed by atoms with E-state index < -0.39 is 30.0 Å². The van der Waals surface area contributed by atoms with E-state index in [9.17, 15) is 29.9 Å². The molecule has 3 amide bonds. The number of nitrogens with one attached hydrogen (secondary N) is 4. The van der Waals surface area contributed by atoms with E-state index in [4.69, 9.17) is 0 Å². The first-order valence-electron chi connectivity index (χ1n) is 12.3. The Morgan fingerprint density at radius 1 is 1.12 bits per heavy atom. The Hall–Kier alpha value is -2.05. The highest BCUT2D eigenvalue weighted by Crippen LogP contribution is 2.27. The molecule has 0 bridgehead atoms. The van der Waals surface area contributed by atoms with Crippen LogP contribution < -0.4 is 25.9 Å². The average molecular weight is 632 g/mol. The normalized spacial score (nSPS) is 13.2. The number of carbonyl (C=O) groups excluding carboxylic acids is 3. The summed E-state index contributed by atoms with van der Waals surface area (Å²) in [6, 6.07) is 4.58. The lowest BCUT2D eigenvalue weighted by Crippen LogP contribution is -2.48. The van der Waals surface area contributed by atoms with Gasteiger partial charge in [-0.15, -0.1) is 11.3 Å². The van der Waals surface area contributed by atoms with Gasteiger partial charge < -0.3 is 31.5 Å². The molecule has 0 fully saturated rings. The van der Waals surface area contributed by atoms with Gasteiger partial charge in [0.25, 0.3) is 5.91 Å². The van der Waals surface area contributed by atoms with Crippen LogP contribution in [-0.4, -0.2) is 88.3 Å². The maximum atomic E-state index is 12.7. The van der Waals surface area contributed by atoms with Crippen molar-refractivity contribution >= 4 is 70.2 Å². The predicted molar refractivity (Wildman–Crippen MR) is 163 cm³/mol. The lowest BCUT2D eigenvalue weighted by molar-refractivity contribution is -0.125. The molecule has 12 nitrogen and oxygen atoms in total. The quantitative estimate of drug-likeness (QED) is 0.0801. The number of thioether (sulfide) groups is 2. The van der Waals surface area contributed by atoms with E-state index in [1.807, 2.05) is 12.5 Å². The average Bonchev–Trinajstić information content (AvgIpc) is 3.40. The van der Waals surface area contributed by atoms with E-state index in [-0.39, 0.29) is 29.1 Å². The summed E-state index contributed by atoms with van der Waals surface area (Å²) in [6.07, 6.45) is 4.02. The minimum absolute atomic E-state index is 0.0000763. The van der Waals surface area contributed by atoms with Gasteiger partial charge in [-0.05, 0) is 55.7 Å². The highest BCUT2D eigenvalue weighted by molar-refractivity contribution is 7.98. The maximum Gasteiger partial charge on any atom is 0.271 e. The van der Waals surface area contributed by atoms with Crippen LogP contribution in [0.3, 0.4) is 0 Å². The number of aromatic nitrogens is 1. The minimum Gasteiger partial charge on any atom is -0.733 e. The molecular formula is C24H35N6O6S4-. The SMILES string of the molecule is CSCCCNC(=O)C(CSC)NC(=O)c1csc(CCNC(=O)C(NSc2ccccc2N([O-])O)C(C)O)n1. The molecule has 3 atom stereocenters. The first-order valence-corrected chi connectivity index (χ1v) is 16.8. The van der Waals surface area contributed by atoms with Crippen LogP contribution in [0.1, 0.15) is 28.8 Å². The molecule has 0 aliphatic heterocycles. The second-order valence-electron chi connectivity index (χ2n) is 8.47. The number of aliphatic hydroxyl groups is 1. The molecule has 2 aromatic rings. The molecule has 222 valence electrons. The zero-order chi connectivity index (χ0) is 29.5. The van der Waals surface area contributed by atoms with Crippen LogP contribution >= 0.6 is 46.8 Å². The third kappa shape index (κ3) is 11.4. The van der Waals surface area contributed by atoms with Gasteiger partial charge in [-0.2, -0.15) is 23.5 Å². The number of carbonyl (C=O) groups is 3. The molecule has 1 aromatic carbocycles. The molecule has 40 heavy (non-hydrogen) atoms. The predicted octanol–water partition coefficient (Wildman–Crippen LogP) is 1.87. The van der Waals surface area contributed by atoms with Gasteiger partial charge in [-0.25, -0.2) is 9.71 Å². The third-order valence-corrected chi connectivity index (χ3v) is 8.54. The lowest BCUT2D eigenvalue weighted by Gasteiger charge is -2.25. The Bertz CT molecular complexity index is 1090. The van der Waals surface area contributed by atoms with Crippen molar-refractivity contribution < 1.29 is 24.7 Å². The molecule has 0 aliphatic rings. The molecule has 6 N–H and O–H groups in total. The molecule has 0 aliphatic carbocycles. The van der Waals surface area contributed by atoms with Crippen LogP contribution in [0, 0.1) is 5.21 Å². The van der Waals surface area contributed by atoms with E-state index in [1.165, 1.54) is 36.1 Å². The largest absolute Gasteiger partial charge is 0.733 e. The number of aliphatic hydroxyl groups excluding tert-OH is 1. The first-order chi connectivity index (χ1) is 19.2. The van der Waals surface area contributed by atoms with E-state index in [1.54, 1.807) is 35.3 Å². The Kier molecular flexibility index (Phi) is 15.7. The van der Waals surface area contributed by atoms with Crippen molar-refractivity contribution in [2.24, 2.45) is 0 Å². The van der Waals surface area contributed by atoms with Crippen LogP contribution in [0.5, 0.6) is 0 Å². The molecule has 1 heterocycles. The second kappa shape index (κ2) is 18.4. The summed E-state index contributed by atoms with van der Waals surface area (Å²) in [4.78, 5) is 42.6. The van der Waals surface area contributed by atoms with E-state index in [0.717, 1.165) is 24.1 Å². The van der Waals surface area contributed by atoms with Crippen LogP contribution in [0.2, 0.25) is 0 Å². The summed E-state index contributed by atoms with van der Waals surface area (Å²) in [7, 11) is 0. The van der Waals surface area contributed by atoms with Gasteiger partial charge in [0, 0.05) is 35.5 Å². The molecule has 16 heteroatoms. The molecule has 2 rings (SSSR count). The van der Waals surface area contributed by atoms with Crippen LogP contribution in [0.15, 0.2) is 34.5 Å². The third-order valence-electron chi connectivity index (χ3n) is 5.33. The fourth-order valence-electron chi connectivity index (χ4n) is 3.27. The van der Waals surface area contributed by atoms with Gasteiger partial charge in [0.2, 0.25) is 11.8 Å². The van der Waals surface area contributed by atoms with Gasteiger partial charge in [-0.3, -0.25) is 19.6 Å². The molecule has 0 saturated carbocycles. The lowest BCUT2D eigenvalue weighted by atomic mass is 10.2. The van der Waals surface area contributed by atoms with Crippen molar-refractivity contribution in [3.8, 4) is 0 Å². The van der Waals surface area contributed by atoms with E-state index in [2.05, 4.69) is 25.7 Å². The number of anilines is 1. The monoisotopic (exact) mass is 631 g/mol. The van der Waals surface area contributed by atoms with Crippen molar-refractivity contribution in [2.75, 3.05) is 42.3 Å². The number of rotatable bonds is 18. The fraction of sp³-hybridized carbons (Fsp3) is 0.500. The number of nitrogens with zero attached hydrogens (tertiary/aromatic N) is 2. The second-order valence-corrected chi connectivity index (χ2v) is 12.2. The van der Waals surface area contributed by atoms with Crippen LogP contribution in [0.25, 0.3) is 0 Å². The minimum atomic E-state index is -1.05. The molecular weight excluding hydrogens is 597 g/mol. The van der Waals surface area contributed by atoms with Gasteiger partial charge in [0.05, 0.1) is 16.8 Å². The smallest absolute Gasteiger partial charge is 0.271 e. The Morgan fingerprint density at radius 2 is 1.85 bits per heavy atom. The fourth-order valence-corrected chi connectivity index (χ4v) is 6.00. The molecule has 3 unspecified atom stereocenters. The summed E-state index contributed by atoms with van der Waals surface area (Å²) < 4.78 is 2.83. The zero-order valence-electron chi connectivity index (χ0n) is 22.4. The maximum absolute atomic E-state index is 12.7. The summed E-state index contributed by atoms with van der Waals surface area (Å²) in [5, 5.41) is 41.0. The highest BCUT2D eigenvalue weighted by Gasteiger charge is 2.25. The summed E-state index contributed by atoms with van der Waals surface area (Å²) in [6.45, 7) is 2.21. The van der Waals surface area contributed by atoms with Gasteiger partial charge >= 0.3 is 0 Å². The van der Waals surface area contributed by atoms with Gasteiger partial charge in [0.15, 0.2) is 0 Å². The number of hydrogen-bond donors (Lipinski definition) is 6. The number of amides is 3. The zero-order valence-corrected chi connectivity index (χ0v) is 25.7. The van der Waals surface area contributed by atoms with E-state index >= 15 is 0 Å². The number of benzene rings is 1. The summed E-state index contributed by atoms with van der Waals surface area (Å²) >= 11 is 5.36. The van der Waals surface area contributed by atoms with Crippen LogP contribution in [0.4, 0.5) is 5.69 Å². The van der Waals surface area contributed by atoms with Crippen molar-refractivity contribution in [1.82, 2.24) is 25.7 Å². The van der Waals surface area contributed by atoms with Crippen molar-refractivity contribution in [3.63, 3.8) is 0 Å². The summed E-state index contributed by atoms with van der Waals surface area (Å²) in [5.74, 6) is 0.227. The molecule has 1 aromatic heterocycles. The van der Waals surface area contributed by atoms with E-state index in [0.29, 0.717) is 28.6 Å². The number of hydrogen-bond acceptors (Lipinski definition) is 13. The Labute approximate surface area is 250 Å². The van der Waals surface area contributed by atoms with Gasteiger partial charge in [0.1, 0.15) is 17.8 Å². The molecule has 0 radical (unpaired) electrons. The van der Waals surface area contributed by atoms with Crippen molar-refractivity contribution in [3.05, 3.63) is 45.6 Å². The molecule has 0 saturated heterocycles. The van der Waals surface area contributed by atoms with Crippen LogP contribution in [-0.2, 0) is 16.0 Å². The number of thiazole rings is 1. The number of para-hydroxylation sites is 1. The van der Waals surface area contributed by atoms with Crippen molar-refractivity contribution in [1.29, 1.82) is 0 Å². The first kappa shape index (κ1) is 34.2. The summed E-state index contributed by atoms with van der Waals surface area (Å²) in [5.41, 5.74) is 0.197. The highest BCUT2D eigenvalue weighted by atomic mass is 32.2. The topological polar surface area (TPSA) is 179 Å². The molecule has 0 spiro atoms.